The van der Waals surface area contributed by atoms with Gasteiger partial charge in [-0.3, -0.25) is 0 Å². The first-order valence-corrected chi connectivity index (χ1v) is 6.07. The molecule has 0 aromatic carbocycles. The van der Waals surface area contributed by atoms with Gasteiger partial charge in [0.1, 0.15) is 5.82 Å². The Labute approximate surface area is 99.1 Å². The molecule has 0 spiro atoms. The van der Waals surface area contributed by atoms with Crippen molar-refractivity contribution in [2.75, 3.05) is 5.73 Å². The second kappa shape index (κ2) is 3.90. The van der Waals surface area contributed by atoms with Crippen LogP contribution in [0.3, 0.4) is 0 Å². The third-order valence-electron chi connectivity index (χ3n) is 2.25. The monoisotopic (exact) mass is 236 g/mol. The maximum absolute atomic E-state index is 5.76. The van der Waals surface area contributed by atoms with Crippen LogP contribution in [-0.2, 0) is 12.0 Å². The topological polar surface area (TPSA) is 56.7 Å². The van der Waals surface area contributed by atoms with Gasteiger partial charge in [-0.25, -0.2) is 9.67 Å². The second-order valence-electron chi connectivity index (χ2n) is 4.81. The van der Waals surface area contributed by atoms with Gasteiger partial charge in [-0.05, 0) is 6.07 Å². The smallest absolute Gasteiger partial charge is 0.122 e. The third-order valence-corrected chi connectivity index (χ3v) is 3.57. The van der Waals surface area contributed by atoms with Crippen LogP contribution in [0.25, 0.3) is 0 Å². The lowest BCUT2D eigenvalue weighted by atomic mass is 9.98. The Morgan fingerprint density at radius 2 is 2.19 bits per heavy atom. The van der Waals surface area contributed by atoms with E-state index >= 15 is 0 Å². The van der Waals surface area contributed by atoms with Gasteiger partial charge in [-0.2, -0.15) is 5.10 Å². The first kappa shape index (κ1) is 11.1. The number of nitrogens with two attached hydrogens (primary N) is 1. The van der Waals surface area contributed by atoms with Crippen molar-refractivity contribution in [3.05, 3.63) is 28.3 Å². The van der Waals surface area contributed by atoms with Gasteiger partial charge in [0.05, 0.1) is 23.4 Å². The maximum Gasteiger partial charge on any atom is 0.122 e. The molecule has 0 aliphatic heterocycles. The van der Waals surface area contributed by atoms with Crippen LogP contribution in [0.15, 0.2) is 17.6 Å². The Hall–Kier alpha value is -1.36. The van der Waals surface area contributed by atoms with Crippen molar-refractivity contribution in [3.63, 3.8) is 0 Å². The van der Waals surface area contributed by atoms with Gasteiger partial charge in [-0.1, -0.05) is 20.8 Å². The van der Waals surface area contributed by atoms with E-state index in [-0.39, 0.29) is 5.41 Å². The summed E-state index contributed by atoms with van der Waals surface area (Å²) in [5.74, 6) is 0.672. The molecule has 2 heterocycles. The predicted molar refractivity (Wildman–Crippen MR) is 66.6 cm³/mol. The zero-order valence-corrected chi connectivity index (χ0v) is 10.6. The second-order valence-corrected chi connectivity index (χ2v) is 5.67. The standard InChI is InChI=1S/C11H16N4S/c1-11(2,3)10-14-8(7-16-10)6-15-9(12)4-5-13-15/h4-5,7H,6,12H2,1-3H3. The molecular formula is C11H16N4S. The highest BCUT2D eigenvalue weighted by Crippen LogP contribution is 2.25. The maximum atomic E-state index is 5.76. The summed E-state index contributed by atoms with van der Waals surface area (Å²) >= 11 is 1.69. The van der Waals surface area contributed by atoms with Crippen molar-refractivity contribution in [3.8, 4) is 0 Å². The van der Waals surface area contributed by atoms with E-state index in [4.69, 9.17) is 5.73 Å². The van der Waals surface area contributed by atoms with Crippen LogP contribution in [0.2, 0.25) is 0 Å². The quantitative estimate of drug-likeness (QED) is 0.870. The van der Waals surface area contributed by atoms with Gasteiger partial charge < -0.3 is 5.73 Å². The predicted octanol–water partition coefficient (Wildman–Crippen LogP) is 2.27. The molecule has 0 fully saturated rings. The summed E-state index contributed by atoms with van der Waals surface area (Å²) in [4.78, 5) is 4.60. The fourth-order valence-electron chi connectivity index (χ4n) is 1.35. The summed E-state index contributed by atoms with van der Waals surface area (Å²) in [5, 5.41) is 7.36. The van der Waals surface area contributed by atoms with Gasteiger partial charge in [0.2, 0.25) is 0 Å². The lowest BCUT2D eigenvalue weighted by Crippen LogP contribution is -2.11. The number of nitrogens with zero attached hydrogens (tertiary/aromatic N) is 3. The Kier molecular flexibility index (Phi) is 2.71. The summed E-state index contributed by atoms with van der Waals surface area (Å²) in [6, 6.07) is 1.79. The van der Waals surface area contributed by atoms with Crippen LogP contribution in [-0.4, -0.2) is 14.8 Å². The van der Waals surface area contributed by atoms with Gasteiger partial charge >= 0.3 is 0 Å². The minimum Gasteiger partial charge on any atom is -0.384 e. The van der Waals surface area contributed by atoms with E-state index in [1.54, 1.807) is 28.3 Å². The van der Waals surface area contributed by atoms with E-state index in [0.717, 1.165) is 10.7 Å². The zero-order chi connectivity index (χ0) is 11.8. The highest BCUT2D eigenvalue weighted by molar-refractivity contribution is 7.09. The molecule has 16 heavy (non-hydrogen) atoms. The van der Waals surface area contributed by atoms with Crippen LogP contribution in [0.1, 0.15) is 31.5 Å². The SMILES string of the molecule is CC(C)(C)c1nc(Cn2nccc2N)cs1. The van der Waals surface area contributed by atoms with Gasteiger partial charge in [0, 0.05) is 10.8 Å². The van der Waals surface area contributed by atoms with E-state index < -0.39 is 0 Å². The summed E-state index contributed by atoms with van der Waals surface area (Å²) in [7, 11) is 0. The summed E-state index contributed by atoms with van der Waals surface area (Å²) < 4.78 is 1.75. The van der Waals surface area contributed by atoms with Crippen LogP contribution in [0.4, 0.5) is 5.82 Å². The van der Waals surface area contributed by atoms with Crippen LogP contribution < -0.4 is 5.73 Å². The highest BCUT2D eigenvalue weighted by atomic mass is 32.1. The Bertz CT molecular complexity index is 478. The van der Waals surface area contributed by atoms with Crippen molar-refractivity contribution >= 4 is 17.2 Å². The van der Waals surface area contributed by atoms with Crippen LogP contribution in [0.5, 0.6) is 0 Å². The number of hydrogen-bond donors (Lipinski definition) is 1. The first-order chi connectivity index (χ1) is 7.47. The van der Waals surface area contributed by atoms with Crippen molar-refractivity contribution < 1.29 is 0 Å². The lowest BCUT2D eigenvalue weighted by Gasteiger charge is -2.13. The van der Waals surface area contributed by atoms with Gasteiger partial charge in [0.15, 0.2) is 0 Å². The average molecular weight is 236 g/mol. The number of nitrogen functional groups attached to an aromatic ring is 1. The molecule has 2 aromatic heterocycles. The molecular weight excluding hydrogens is 220 g/mol. The van der Waals surface area contributed by atoms with Crippen molar-refractivity contribution in [1.82, 2.24) is 14.8 Å². The molecule has 2 rings (SSSR count). The first-order valence-electron chi connectivity index (χ1n) is 5.19. The van der Waals surface area contributed by atoms with E-state index in [2.05, 4.69) is 36.2 Å². The van der Waals surface area contributed by atoms with Crippen molar-refractivity contribution in [2.24, 2.45) is 0 Å². The van der Waals surface area contributed by atoms with Crippen LogP contribution >= 0.6 is 11.3 Å². The molecule has 0 bridgehead atoms. The van der Waals surface area contributed by atoms with Gasteiger partial charge in [-0.15, -0.1) is 11.3 Å². The van der Waals surface area contributed by atoms with E-state index in [0.29, 0.717) is 12.4 Å². The number of rotatable bonds is 2. The number of aromatic nitrogens is 3. The molecule has 2 aromatic rings. The van der Waals surface area contributed by atoms with E-state index in [9.17, 15) is 0 Å². The summed E-state index contributed by atoms with van der Waals surface area (Å²) in [6.07, 6.45) is 1.70. The highest BCUT2D eigenvalue weighted by Gasteiger charge is 2.18. The Morgan fingerprint density at radius 1 is 1.44 bits per heavy atom. The minimum atomic E-state index is 0.110. The lowest BCUT2D eigenvalue weighted by molar-refractivity contribution is 0.579. The molecule has 86 valence electrons. The Balaban J connectivity index is 2.18. The number of thiazole rings is 1. The summed E-state index contributed by atoms with van der Waals surface area (Å²) in [5.41, 5.74) is 6.89. The fraction of sp³-hybridized carbons (Fsp3) is 0.455. The van der Waals surface area contributed by atoms with Crippen molar-refractivity contribution in [2.45, 2.75) is 32.7 Å². The molecule has 4 nitrogen and oxygen atoms in total. The normalized spacial score (nSPS) is 11.9. The van der Waals surface area contributed by atoms with Crippen LogP contribution in [0, 0.1) is 0 Å². The summed E-state index contributed by atoms with van der Waals surface area (Å²) in [6.45, 7) is 7.14. The van der Waals surface area contributed by atoms with Gasteiger partial charge in [0.25, 0.3) is 0 Å². The van der Waals surface area contributed by atoms with E-state index in [1.165, 1.54) is 0 Å². The van der Waals surface area contributed by atoms with Crippen molar-refractivity contribution in [1.29, 1.82) is 0 Å². The molecule has 0 aliphatic rings. The molecule has 0 amide bonds. The Morgan fingerprint density at radius 3 is 2.69 bits per heavy atom. The zero-order valence-electron chi connectivity index (χ0n) is 9.77. The van der Waals surface area contributed by atoms with E-state index in [1.807, 2.05) is 0 Å². The molecule has 5 heteroatoms. The number of hydrogen-bond acceptors (Lipinski definition) is 4. The fourth-order valence-corrected chi connectivity index (χ4v) is 2.25. The molecule has 2 N–H and O–H groups in total. The number of anilines is 1. The average Bonchev–Trinajstić information content (AvgIpc) is 2.76. The molecule has 0 saturated heterocycles. The molecule has 0 unspecified atom stereocenters. The molecule has 0 saturated carbocycles. The molecule has 0 radical (unpaired) electrons. The third kappa shape index (κ3) is 2.24. The minimum absolute atomic E-state index is 0.110. The molecule has 0 atom stereocenters. The molecule has 0 aliphatic carbocycles. The largest absolute Gasteiger partial charge is 0.384 e.